The highest BCUT2D eigenvalue weighted by atomic mass is 16.5. The molecule has 0 amide bonds. The molecule has 2 rings (SSSR count). The van der Waals surface area contributed by atoms with Crippen LogP contribution in [0.3, 0.4) is 0 Å². The lowest BCUT2D eigenvalue weighted by molar-refractivity contribution is 0.0409. The molecular formula is C11H22N2O. The summed E-state index contributed by atoms with van der Waals surface area (Å²) in [6.07, 6.45) is 3.54. The summed E-state index contributed by atoms with van der Waals surface area (Å²) >= 11 is 0. The van der Waals surface area contributed by atoms with Crippen molar-refractivity contribution in [1.82, 2.24) is 5.32 Å². The molecule has 3 heteroatoms. The van der Waals surface area contributed by atoms with Crippen molar-refractivity contribution in [2.24, 2.45) is 17.6 Å². The number of ether oxygens (including phenoxy) is 1. The molecule has 82 valence electrons. The first kappa shape index (κ1) is 10.4. The molecule has 2 fully saturated rings. The normalized spacial score (nSPS) is 35.6. The summed E-state index contributed by atoms with van der Waals surface area (Å²) in [6, 6.07) is 0. The van der Waals surface area contributed by atoms with Crippen molar-refractivity contribution in [3.8, 4) is 0 Å². The molecule has 0 spiro atoms. The highest BCUT2D eigenvalue weighted by molar-refractivity contribution is 4.94. The largest absolute Gasteiger partial charge is 0.381 e. The van der Waals surface area contributed by atoms with Crippen LogP contribution in [0.4, 0.5) is 0 Å². The van der Waals surface area contributed by atoms with Crippen molar-refractivity contribution in [2.75, 3.05) is 26.3 Å². The van der Waals surface area contributed by atoms with Gasteiger partial charge < -0.3 is 15.8 Å². The van der Waals surface area contributed by atoms with Gasteiger partial charge in [0.1, 0.15) is 0 Å². The van der Waals surface area contributed by atoms with E-state index in [-0.39, 0.29) is 5.54 Å². The predicted molar refractivity (Wildman–Crippen MR) is 57.1 cm³/mol. The highest BCUT2D eigenvalue weighted by Gasteiger charge is 2.36. The third-order valence-corrected chi connectivity index (χ3v) is 3.86. The van der Waals surface area contributed by atoms with E-state index in [0.717, 1.165) is 51.0 Å². The van der Waals surface area contributed by atoms with Gasteiger partial charge in [-0.25, -0.2) is 0 Å². The standard InChI is InChI=1S/C11H22N2O/c1-9-6-10(9)7-13-11(8-12)2-4-14-5-3-11/h9-10,13H,2-8,12H2,1H3. The molecule has 1 aliphatic heterocycles. The van der Waals surface area contributed by atoms with Crippen LogP contribution in [0.1, 0.15) is 26.2 Å². The van der Waals surface area contributed by atoms with Gasteiger partial charge in [-0.05, 0) is 37.6 Å². The molecule has 2 unspecified atom stereocenters. The van der Waals surface area contributed by atoms with Gasteiger partial charge in [-0.2, -0.15) is 0 Å². The summed E-state index contributed by atoms with van der Waals surface area (Å²) in [5, 5.41) is 3.67. The third-order valence-electron chi connectivity index (χ3n) is 3.86. The van der Waals surface area contributed by atoms with Crippen molar-refractivity contribution in [3.63, 3.8) is 0 Å². The molecule has 14 heavy (non-hydrogen) atoms. The molecule has 0 aromatic carbocycles. The molecule has 2 atom stereocenters. The molecule has 1 saturated heterocycles. The van der Waals surface area contributed by atoms with Crippen LogP contribution in [0, 0.1) is 11.8 Å². The maximum atomic E-state index is 5.86. The van der Waals surface area contributed by atoms with E-state index in [1.54, 1.807) is 0 Å². The smallest absolute Gasteiger partial charge is 0.0484 e. The van der Waals surface area contributed by atoms with Gasteiger partial charge in [0.2, 0.25) is 0 Å². The van der Waals surface area contributed by atoms with Crippen LogP contribution in [0.15, 0.2) is 0 Å². The van der Waals surface area contributed by atoms with Crippen molar-refractivity contribution in [2.45, 2.75) is 31.7 Å². The zero-order valence-corrected chi connectivity index (χ0v) is 9.09. The third kappa shape index (κ3) is 2.27. The van der Waals surface area contributed by atoms with Crippen molar-refractivity contribution in [3.05, 3.63) is 0 Å². The molecule has 3 nitrogen and oxygen atoms in total. The van der Waals surface area contributed by atoms with Gasteiger partial charge in [-0.15, -0.1) is 0 Å². The Balaban J connectivity index is 1.78. The van der Waals surface area contributed by atoms with E-state index in [0.29, 0.717) is 0 Å². The van der Waals surface area contributed by atoms with E-state index in [9.17, 15) is 0 Å². The van der Waals surface area contributed by atoms with E-state index >= 15 is 0 Å². The summed E-state index contributed by atoms with van der Waals surface area (Å²) < 4.78 is 5.37. The Kier molecular flexibility index (Phi) is 3.10. The summed E-state index contributed by atoms with van der Waals surface area (Å²) in [5.74, 6) is 1.83. The molecular weight excluding hydrogens is 176 g/mol. The van der Waals surface area contributed by atoms with Gasteiger partial charge in [0.25, 0.3) is 0 Å². The maximum Gasteiger partial charge on any atom is 0.0484 e. The van der Waals surface area contributed by atoms with E-state index in [4.69, 9.17) is 10.5 Å². The predicted octanol–water partition coefficient (Wildman–Crippen LogP) is 0.740. The molecule has 1 heterocycles. The molecule has 3 N–H and O–H groups in total. The minimum atomic E-state index is 0.181. The number of hydrogen-bond acceptors (Lipinski definition) is 3. The van der Waals surface area contributed by atoms with Crippen LogP contribution in [0.2, 0.25) is 0 Å². The summed E-state index contributed by atoms with van der Waals surface area (Å²) in [4.78, 5) is 0. The summed E-state index contributed by atoms with van der Waals surface area (Å²) in [7, 11) is 0. The first-order valence-corrected chi connectivity index (χ1v) is 5.79. The lowest BCUT2D eigenvalue weighted by Gasteiger charge is -2.37. The fourth-order valence-corrected chi connectivity index (χ4v) is 2.25. The van der Waals surface area contributed by atoms with Gasteiger partial charge in [0, 0.05) is 25.3 Å². The second kappa shape index (κ2) is 4.17. The van der Waals surface area contributed by atoms with E-state index in [1.165, 1.54) is 6.42 Å². The van der Waals surface area contributed by atoms with Crippen LogP contribution in [-0.4, -0.2) is 31.8 Å². The van der Waals surface area contributed by atoms with Gasteiger partial charge >= 0.3 is 0 Å². The Labute approximate surface area is 86.4 Å². The SMILES string of the molecule is CC1CC1CNC1(CN)CCOCC1. The second-order valence-electron chi connectivity index (χ2n) is 4.95. The molecule has 2 aliphatic rings. The van der Waals surface area contributed by atoms with E-state index in [1.807, 2.05) is 0 Å². The lowest BCUT2D eigenvalue weighted by Crippen LogP contribution is -2.55. The quantitative estimate of drug-likeness (QED) is 0.700. The average molecular weight is 198 g/mol. The molecule has 0 radical (unpaired) electrons. The van der Waals surface area contributed by atoms with Crippen LogP contribution in [0.5, 0.6) is 0 Å². The minimum absolute atomic E-state index is 0.181. The molecule has 0 aromatic rings. The van der Waals surface area contributed by atoms with E-state index in [2.05, 4.69) is 12.2 Å². The Morgan fingerprint density at radius 3 is 2.57 bits per heavy atom. The Morgan fingerprint density at radius 1 is 1.43 bits per heavy atom. The zero-order valence-electron chi connectivity index (χ0n) is 9.09. The summed E-state index contributed by atoms with van der Waals surface area (Å²) in [6.45, 7) is 5.95. The van der Waals surface area contributed by atoms with Crippen molar-refractivity contribution >= 4 is 0 Å². The molecule has 1 aliphatic carbocycles. The van der Waals surface area contributed by atoms with Crippen LogP contribution in [0.25, 0.3) is 0 Å². The fraction of sp³-hybridized carbons (Fsp3) is 1.00. The lowest BCUT2D eigenvalue weighted by atomic mass is 9.90. The number of nitrogens with one attached hydrogen (secondary N) is 1. The van der Waals surface area contributed by atoms with Gasteiger partial charge in [0.15, 0.2) is 0 Å². The molecule has 0 bridgehead atoms. The highest BCUT2D eigenvalue weighted by Crippen LogP contribution is 2.37. The fourth-order valence-electron chi connectivity index (χ4n) is 2.25. The Morgan fingerprint density at radius 2 is 2.07 bits per heavy atom. The van der Waals surface area contributed by atoms with Crippen LogP contribution in [-0.2, 0) is 4.74 Å². The van der Waals surface area contributed by atoms with E-state index < -0.39 is 0 Å². The monoisotopic (exact) mass is 198 g/mol. The summed E-state index contributed by atoms with van der Waals surface area (Å²) in [5.41, 5.74) is 6.04. The van der Waals surface area contributed by atoms with Crippen molar-refractivity contribution in [1.29, 1.82) is 0 Å². The molecule has 1 saturated carbocycles. The van der Waals surface area contributed by atoms with Crippen molar-refractivity contribution < 1.29 is 4.74 Å². The average Bonchev–Trinajstić information content (AvgIpc) is 2.93. The first-order valence-electron chi connectivity index (χ1n) is 5.79. The van der Waals surface area contributed by atoms with Crippen LogP contribution < -0.4 is 11.1 Å². The molecule has 0 aromatic heterocycles. The maximum absolute atomic E-state index is 5.86. The second-order valence-corrected chi connectivity index (χ2v) is 4.95. The zero-order chi connectivity index (χ0) is 10.0. The topological polar surface area (TPSA) is 47.3 Å². The minimum Gasteiger partial charge on any atom is -0.381 e. The van der Waals surface area contributed by atoms with Gasteiger partial charge in [0.05, 0.1) is 0 Å². The van der Waals surface area contributed by atoms with Crippen LogP contribution >= 0.6 is 0 Å². The number of hydrogen-bond donors (Lipinski definition) is 2. The van der Waals surface area contributed by atoms with Gasteiger partial charge in [-0.1, -0.05) is 6.92 Å². The number of rotatable bonds is 4. The first-order chi connectivity index (χ1) is 6.76. The Bertz CT molecular complexity index is 190. The number of nitrogens with two attached hydrogens (primary N) is 1. The Hall–Kier alpha value is -0.120. The van der Waals surface area contributed by atoms with Gasteiger partial charge in [-0.3, -0.25) is 0 Å².